The van der Waals surface area contributed by atoms with Crippen molar-refractivity contribution in [3.63, 3.8) is 0 Å². The summed E-state index contributed by atoms with van der Waals surface area (Å²) in [4.78, 5) is 28.2. The first-order chi connectivity index (χ1) is 14.6. The lowest BCUT2D eigenvalue weighted by atomic mass is 9.98. The zero-order valence-corrected chi connectivity index (χ0v) is 16.9. The number of hydrogen-bond donors (Lipinski definition) is 1. The van der Waals surface area contributed by atoms with Gasteiger partial charge in [0.25, 0.3) is 5.91 Å². The smallest absolute Gasteiger partial charge is 0.290 e. The van der Waals surface area contributed by atoms with Crippen LogP contribution in [0.25, 0.3) is 11.0 Å². The second kappa shape index (κ2) is 8.20. The number of benzene rings is 2. The number of carbonyl (C=O) groups is 1. The zero-order chi connectivity index (χ0) is 21.3. The van der Waals surface area contributed by atoms with Crippen molar-refractivity contribution in [1.29, 1.82) is 0 Å². The SMILES string of the molecule is CCOc1cc([C@@H]2c3c(oc4ccccc4c3=O)C(=O)N2CCCOC)ccc1O. The van der Waals surface area contributed by atoms with Crippen molar-refractivity contribution in [3.8, 4) is 11.5 Å². The van der Waals surface area contributed by atoms with Crippen LogP contribution >= 0.6 is 0 Å². The Kier molecular flexibility index (Phi) is 5.46. The first-order valence-corrected chi connectivity index (χ1v) is 9.88. The van der Waals surface area contributed by atoms with E-state index in [0.29, 0.717) is 54.0 Å². The zero-order valence-electron chi connectivity index (χ0n) is 16.9. The van der Waals surface area contributed by atoms with Crippen LogP contribution in [-0.4, -0.2) is 42.8 Å². The molecular weight excluding hydrogens is 386 g/mol. The van der Waals surface area contributed by atoms with Crippen molar-refractivity contribution in [3.05, 3.63) is 69.6 Å². The van der Waals surface area contributed by atoms with Gasteiger partial charge in [-0.25, -0.2) is 0 Å². The van der Waals surface area contributed by atoms with Crippen molar-refractivity contribution in [2.45, 2.75) is 19.4 Å². The number of methoxy groups -OCH3 is 1. The summed E-state index contributed by atoms with van der Waals surface area (Å²) in [5.74, 6) is 0.0340. The topological polar surface area (TPSA) is 89.2 Å². The minimum absolute atomic E-state index is 0.00151. The van der Waals surface area contributed by atoms with E-state index in [9.17, 15) is 14.7 Å². The van der Waals surface area contributed by atoms with E-state index >= 15 is 0 Å². The normalized spacial score (nSPS) is 15.6. The van der Waals surface area contributed by atoms with Gasteiger partial charge in [-0.15, -0.1) is 0 Å². The van der Waals surface area contributed by atoms with E-state index in [4.69, 9.17) is 13.9 Å². The molecule has 1 aliphatic rings. The molecule has 0 fully saturated rings. The van der Waals surface area contributed by atoms with E-state index < -0.39 is 6.04 Å². The lowest BCUT2D eigenvalue weighted by Crippen LogP contribution is -2.31. The van der Waals surface area contributed by atoms with Gasteiger partial charge in [0.1, 0.15) is 5.58 Å². The fourth-order valence-corrected chi connectivity index (χ4v) is 3.90. The van der Waals surface area contributed by atoms with Crippen molar-refractivity contribution in [2.24, 2.45) is 0 Å². The molecule has 0 saturated carbocycles. The number of aromatic hydroxyl groups is 1. The van der Waals surface area contributed by atoms with Crippen LogP contribution in [0.1, 0.15) is 41.1 Å². The Morgan fingerprint density at radius 3 is 2.73 bits per heavy atom. The van der Waals surface area contributed by atoms with Crippen molar-refractivity contribution in [1.82, 2.24) is 4.90 Å². The molecule has 156 valence electrons. The molecule has 1 aliphatic heterocycles. The third-order valence-electron chi connectivity index (χ3n) is 5.22. The number of nitrogens with zero attached hydrogens (tertiary/aromatic N) is 1. The molecule has 0 saturated heterocycles. The van der Waals surface area contributed by atoms with E-state index in [1.165, 1.54) is 6.07 Å². The lowest BCUT2D eigenvalue weighted by Gasteiger charge is -2.25. The Bertz CT molecular complexity index is 1150. The third-order valence-corrected chi connectivity index (χ3v) is 5.22. The van der Waals surface area contributed by atoms with Crippen LogP contribution in [0.3, 0.4) is 0 Å². The summed E-state index contributed by atoms with van der Waals surface area (Å²) in [6.45, 7) is 3.07. The van der Waals surface area contributed by atoms with E-state index in [1.54, 1.807) is 48.4 Å². The number of amides is 1. The number of ether oxygens (including phenoxy) is 2. The fourth-order valence-electron chi connectivity index (χ4n) is 3.90. The summed E-state index contributed by atoms with van der Waals surface area (Å²) >= 11 is 0. The molecule has 0 unspecified atom stereocenters. The predicted octanol–water partition coefficient (Wildman–Crippen LogP) is 3.48. The molecule has 2 aromatic carbocycles. The van der Waals surface area contributed by atoms with Crippen LogP contribution in [0.5, 0.6) is 11.5 Å². The number of phenols is 1. The lowest BCUT2D eigenvalue weighted by molar-refractivity contribution is 0.0707. The van der Waals surface area contributed by atoms with Gasteiger partial charge in [0.05, 0.1) is 23.6 Å². The third kappa shape index (κ3) is 3.31. The van der Waals surface area contributed by atoms with E-state index in [0.717, 1.165) is 0 Å². The molecule has 0 radical (unpaired) electrons. The summed E-state index contributed by atoms with van der Waals surface area (Å²) in [6.07, 6.45) is 0.608. The van der Waals surface area contributed by atoms with Gasteiger partial charge in [0, 0.05) is 20.3 Å². The van der Waals surface area contributed by atoms with Gasteiger partial charge >= 0.3 is 0 Å². The molecule has 1 amide bonds. The van der Waals surface area contributed by atoms with Crippen molar-refractivity contribution >= 4 is 16.9 Å². The van der Waals surface area contributed by atoms with Gasteiger partial charge in [0.15, 0.2) is 16.9 Å². The van der Waals surface area contributed by atoms with Gasteiger partial charge in [-0.1, -0.05) is 18.2 Å². The molecule has 1 N–H and O–H groups in total. The maximum absolute atomic E-state index is 13.4. The van der Waals surface area contributed by atoms with Crippen LogP contribution in [0, 0.1) is 0 Å². The highest BCUT2D eigenvalue weighted by molar-refractivity contribution is 5.99. The van der Waals surface area contributed by atoms with Gasteiger partial charge in [-0.3, -0.25) is 9.59 Å². The Hall–Kier alpha value is -3.32. The Morgan fingerprint density at radius 2 is 1.97 bits per heavy atom. The number of rotatable bonds is 7. The maximum Gasteiger partial charge on any atom is 0.290 e. The fraction of sp³-hybridized carbons (Fsp3) is 0.304. The van der Waals surface area contributed by atoms with Crippen LogP contribution in [0.4, 0.5) is 0 Å². The molecule has 2 heterocycles. The molecule has 30 heavy (non-hydrogen) atoms. The largest absolute Gasteiger partial charge is 0.504 e. The number of para-hydroxylation sites is 1. The Balaban J connectivity index is 1.90. The second-order valence-electron chi connectivity index (χ2n) is 7.08. The quantitative estimate of drug-likeness (QED) is 0.601. The molecule has 0 bridgehead atoms. The van der Waals surface area contributed by atoms with Crippen LogP contribution in [0.15, 0.2) is 51.7 Å². The van der Waals surface area contributed by atoms with Crippen LogP contribution in [0.2, 0.25) is 0 Å². The molecular formula is C23H23NO6. The first-order valence-electron chi connectivity index (χ1n) is 9.88. The maximum atomic E-state index is 13.4. The Labute approximate surface area is 173 Å². The van der Waals surface area contributed by atoms with Crippen LogP contribution in [-0.2, 0) is 4.74 Å². The molecule has 7 heteroatoms. The summed E-state index contributed by atoms with van der Waals surface area (Å²) < 4.78 is 16.5. The Morgan fingerprint density at radius 1 is 1.17 bits per heavy atom. The van der Waals surface area contributed by atoms with Crippen LogP contribution < -0.4 is 10.2 Å². The summed E-state index contributed by atoms with van der Waals surface area (Å²) in [6, 6.07) is 11.1. The minimum Gasteiger partial charge on any atom is -0.504 e. The molecule has 1 aromatic heterocycles. The van der Waals surface area contributed by atoms with Gasteiger partial charge in [0.2, 0.25) is 5.76 Å². The molecule has 0 aliphatic carbocycles. The average Bonchev–Trinajstić information content (AvgIpc) is 3.02. The number of hydrogen-bond acceptors (Lipinski definition) is 6. The first kappa shape index (κ1) is 20.0. The molecule has 1 atom stereocenters. The van der Waals surface area contributed by atoms with Crippen molar-refractivity contribution in [2.75, 3.05) is 26.9 Å². The second-order valence-corrected chi connectivity index (χ2v) is 7.08. The highest BCUT2D eigenvalue weighted by atomic mass is 16.5. The number of phenolic OH excluding ortho intramolecular Hbond substituents is 1. The molecule has 7 nitrogen and oxygen atoms in total. The van der Waals surface area contributed by atoms with E-state index in [2.05, 4.69) is 0 Å². The molecule has 0 spiro atoms. The summed E-state index contributed by atoms with van der Waals surface area (Å²) in [5, 5.41) is 10.5. The monoisotopic (exact) mass is 409 g/mol. The van der Waals surface area contributed by atoms with Gasteiger partial charge in [-0.05, 0) is 43.2 Å². The van der Waals surface area contributed by atoms with Gasteiger partial charge in [-0.2, -0.15) is 0 Å². The summed E-state index contributed by atoms with van der Waals surface area (Å²) in [5.41, 5.74) is 1.13. The standard InChI is InChI=1S/C23H23NO6/c1-3-29-18-13-14(9-10-16(18)25)20-19-21(26)15-7-4-5-8-17(15)30-22(19)23(27)24(20)11-6-12-28-2/h4-5,7-10,13,20,25H,3,6,11-12H2,1-2H3/t20-/m1/s1. The van der Waals surface area contributed by atoms with Crippen molar-refractivity contribution < 1.29 is 23.8 Å². The molecule has 3 aromatic rings. The predicted molar refractivity (Wildman–Crippen MR) is 111 cm³/mol. The van der Waals surface area contributed by atoms with E-state index in [1.807, 2.05) is 6.92 Å². The summed E-state index contributed by atoms with van der Waals surface area (Å²) in [7, 11) is 1.60. The van der Waals surface area contributed by atoms with Gasteiger partial charge < -0.3 is 23.9 Å². The van der Waals surface area contributed by atoms with E-state index in [-0.39, 0.29) is 22.8 Å². The highest BCUT2D eigenvalue weighted by Gasteiger charge is 2.42. The number of carbonyl (C=O) groups excluding carboxylic acids is 1. The molecule has 4 rings (SSSR count). The average molecular weight is 409 g/mol. The minimum atomic E-state index is -0.634. The highest BCUT2D eigenvalue weighted by Crippen LogP contribution is 2.40. The number of fused-ring (bicyclic) bond motifs is 2.